The Hall–Kier alpha value is -4.19. The molecule has 5 aromatic rings. The molecule has 6 nitrogen and oxygen atoms in total. The fourth-order valence-electron chi connectivity index (χ4n) is 3.22. The molecule has 0 saturated carbocycles. The lowest BCUT2D eigenvalue weighted by atomic mass is 10.1. The molecule has 0 radical (unpaired) electrons. The van der Waals surface area contributed by atoms with Gasteiger partial charge in [-0.2, -0.15) is 10.1 Å². The van der Waals surface area contributed by atoms with Crippen LogP contribution in [0.5, 0.6) is 0 Å². The second-order valence-corrected chi connectivity index (χ2v) is 6.58. The molecule has 0 aliphatic rings. The number of aromatic nitrogens is 4. The van der Waals surface area contributed by atoms with E-state index in [1.807, 2.05) is 60.7 Å². The van der Waals surface area contributed by atoms with Crippen molar-refractivity contribution in [2.24, 2.45) is 0 Å². The predicted octanol–water partition coefficient (Wildman–Crippen LogP) is 5.51. The lowest BCUT2D eigenvalue weighted by Gasteiger charge is -2.12. The topological polar surface area (TPSA) is 78.5 Å². The monoisotopic (exact) mass is 378 g/mol. The van der Waals surface area contributed by atoms with Crippen LogP contribution >= 0.6 is 0 Å². The van der Waals surface area contributed by atoms with Crippen molar-refractivity contribution < 1.29 is 0 Å². The molecule has 0 unspecified atom stereocenters. The molecule has 3 aromatic carbocycles. The van der Waals surface area contributed by atoms with Gasteiger partial charge < -0.3 is 10.6 Å². The summed E-state index contributed by atoms with van der Waals surface area (Å²) in [4.78, 5) is 9.37. The summed E-state index contributed by atoms with van der Waals surface area (Å²) < 4.78 is 0. The van der Waals surface area contributed by atoms with E-state index in [2.05, 4.69) is 50.1 Å². The highest BCUT2D eigenvalue weighted by Gasteiger charge is 2.09. The van der Waals surface area contributed by atoms with E-state index >= 15 is 0 Å². The smallest absolute Gasteiger partial charge is 0.229 e. The number of rotatable bonds is 5. The molecular formula is C23H18N6. The minimum Gasteiger partial charge on any atom is -0.325 e. The Morgan fingerprint density at radius 1 is 0.690 bits per heavy atom. The lowest BCUT2D eigenvalue weighted by molar-refractivity contribution is 1.09. The van der Waals surface area contributed by atoms with Gasteiger partial charge in [-0.15, -0.1) is 0 Å². The van der Waals surface area contributed by atoms with Gasteiger partial charge in [-0.1, -0.05) is 54.6 Å². The average Bonchev–Trinajstić information content (AvgIpc) is 3.28. The summed E-state index contributed by atoms with van der Waals surface area (Å²) in [5, 5.41) is 14.4. The van der Waals surface area contributed by atoms with Gasteiger partial charge in [0.25, 0.3) is 0 Å². The molecule has 2 heterocycles. The van der Waals surface area contributed by atoms with E-state index in [0.717, 1.165) is 33.5 Å². The maximum absolute atomic E-state index is 4.69. The van der Waals surface area contributed by atoms with Crippen LogP contribution in [0.2, 0.25) is 0 Å². The van der Waals surface area contributed by atoms with Gasteiger partial charge >= 0.3 is 0 Å². The number of hydrogen-bond acceptors (Lipinski definition) is 5. The van der Waals surface area contributed by atoms with E-state index in [9.17, 15) is 0 Å². The molecule has 2 aromatic heterocycles. The van der Waals surface area contributed by atoms with Crippen molar-refractivity contribution in [3.63, 3.8) is 0 Å². The van der Waals surface area contributed by atoms with Gasteiger partial charge in [-0.25, -0.2) is 4.98 Å². The molecule has 0 aliphatic carbocycles. The fraction of sp³-hybridized carbons (Fsp3) is 0. The highest BCUT2D eigenvalue weighted by Crippen LogP contribution is 2.27. The Bertz CT molecular complexity index is 1250. The Balaban J connectivity index is 1.51. The number of aromatic amines is 1. The molecule has 0 bridgehead atoms. The first-order valence-corrected chi connectivity index (χ1v) is 9.31. The molecule has 5 rings (SSSR count). The van der Waals surface area contributed by atoms with Gasteiger partial charge in [-0.3, -0.25) is 5.10 Å². The average molecular weight is 378 g/mol. The molecule has 29 heavy (non-hydrogen) atoms. The number of para-hydroxylation sites is 1. The summed E-state index contributed by atoms with van der Waals surface area (Å²) in [7, 11) is 0. The van der Waals surface area contributed by atoms with Gasteiger partial charge in [0.05, 0.1) is 11.7 Å². The first-order valence-electron chi connectivity index (χ1n) is 9.31. The quantitative estimate of drug-likeness (QED) is 0.376. The van der Waals surface area contributed by atoms with E-state index in [4.69, 9.17) is 4.98 Å². The third-order valence-corrected chi connectivity index (χ3v) is 4.58. The van der Waals surface area contributed by atoms with E-state index in [1.165, 1.54) is 0 Å². The predicted molar refractivity (Wildman–Crippen MR) is 117 cm³/mol. The van der Waals surface area contributed by atoms with Crippen LogP contribution < -0.4 is 10.6 Å². The van der Waals surface area contributed by atoms with Gasteiger partial charge in [0.1, 0.15) is 11.6 Å². The molecule has 0 saturated heterocycles. The van der Waals surface area contributed by atoms with Gasteiger partial charge in [0.15, 0.2) is 0 Å². The largest absolute Gasteiger partial charge is 0.325 e. The van der Waals surface area contributed by atoms with E-state index < -0.39 is 0 Å². The number of fused-ring (bicyclic) bond motifs is 1. The summed E-state index contributed by atoms with van der Waals surface area (Å²) in [6.07, 6.45) is 1.69. The highest BCUT2D eigenvalue weighted by atomic mass is 15.2. The maximum atomic E-state index is 4.69. The van der Waals surface area contributed by atoms with Crippen molar-refractivity contribution in [1.82, 2.24) is 20.2 Å². The Morgan fingerprint density at radius 2 is 1.52 bits per heavy atom. The molecule has 0 spiro atoms. The molecule has 0 aliphatic heterocycles. The SMILES string of the molecule is c1ccc(-c2cccc(Nc3nc(Nc4ccn[nH]4)c4ccccc4n3)c2)cc1. The Kier molecular flexibility index (Phi) is 4.35. The van der Waals surface area contributed by atoms with Crippen LogP contribution in [0.15, 0.2) is 91.1 Å². The second-order valence-electron chi connectivity index (χ2n) is 6.58. The first kappa shape index (κ1) is 16.9. The summed E-state index contributed by atoms with van der Waals surface area (Å²) in [6.45, 7) is 0. The number of hydrogen-bond donors (Lipinski definition) is 3. The fourth-order valence-corrected chi connectivity index (χ4v) is 3.22. The third-order valence-electron chi connectivity index (χ3n) is 4.58. The maximum Gasteiger partial charge on any atom is 0.229 e. The summed E-state index contributed by atoms with van der Waals surface area (Å²) in [5.41, 5.74) is 4.07. The minimum atomic E-state index is 0.524. The number of anilines is 4. The summed E-state index contributed by atoms with van der Waals surface area (Å²) in [5.74, 6) is 2.00. The zero-order chi connectivity index (χ0) is 19.5. The molecule has 140 valence electrons. The van der Waals surface area contributed by atoms with Crippen molar-refractivity contribution in [2.75, 3.05) is 10.6 Å². The highest BCUT2D eigenvalue weighted by molar-refractivity contribution is 5.91. The number of nitrogens with zero attached hydrogens (tertiary/aromatic N) is 3. The first-order chi connectivity index (χ1) is 14.3. The number of H-pyrrole nitrogens is 1. The van der Waals surface area contributed by atoms with Crippen molar-refractivity contribution >= 4 is 34.2 Å². The molecule has 0 fully saturated rings. The van der Waals surface area contributed by atoms with Crippen LogP contribution in [0, 0.1) is 0 Å². The van der Waals surface area contributed by atoms with Crippen LogP contribution in [0.1, 0.15) is 0 Å². The second kappa shape index (κ2) is 7.44. The van der Waals surface area contributed by atoms with E-state index in [1.54, 1.807) is 6.20 Å². The van der Waals surface area contributed by atoms with Crippen molar-refractivity contribution in [2.45, 2.75) is 0 Å². The molecule has 0 atom stereocenters. The zero-order valence-corrected chi connectivity index (χ0v) is 15.5. The van der Waals surface area contributed by atoms with Crippen molar-refractivity contribution in [3.05, 3.63) is 91.1 Å². The molecule has 3 N–H and O–H groups in total. The Morgan fingerprint density at radius 3 is 2.38 bits per heavy atom. The number of benzene rings is 3. The van der Waals surface area contributed by atoms with Crippen LogP contribution in [0.25, 0.3) is 22.0 Å². The van der Waals surface area contributed by atoms with E-state index in [0.29, 0.717) is 11.8 Å². The van der Waals surface area contributed by atoms with E-state index in [-0.39, 0.29) is 0 Å². The summed E-state index contributed by atoms with van der Waals surface area (Å²) in [6, 6.07) is 28.3. The normalized spacial score (nSPS) is 10.8. The third kappa shape index (κ3) is 3.64. The van der Waals surface area contributed by atoms with Gasteiger partial charge in [-0.05, 0) is 35.4 Å². The van der Waals surface area contributed by atoms with Crippen LogP contribution in [-0.2, 0) is 0 Å². The minimum absolute atomic E-state index is 0.524. The molecule has 0 amide bonds. The van der Waals surface area contributed by atoms with Crippen molar-refractivity contribution in [1.29, 1.82) is 0 Å². The van der Waals surface area contributed by atoms with Crippen LogP contribution in [0.4, 0.5) is 23.3 Å². The Labute approximate surface area is 167 Å². The number of nitrogens with one attached hydrogen (secondary N) is 3. The zero-order valence-electron chi connectivity index (χ0n) is 15.5. The standard InChI is InChI=1S/C23H18N6/c1-2-7-16(8-3-1)17-9-6-10-18(15-17)25-23-26-20-12-5-4-11-19(20)22(28-23)27-21-13-14-24-29-21/h1-15H,(H3,24,25,26,27,28,29). The van der Waals surface area contributed by atoms with Crippen molar-refractivity contribution in [3.8, 4) is 11.1 Å². The van der Waals surface area contributed by atoms with Crippen LogP contribution in [0.3, 0.4) is 0 Å². The summed E-state index contributed by atoms with van der Waals surface area (Å²) >= 11 is 0. The molecular weight excluding hydrogens is 360 g/mol. The molecule has 6 heteroatoms. The van der Waals surface area contributed by atoms with Crippen LogP contribution in [-0.4, -0.2) is 20.2 Å². The lowest BCUT2D eigenvalue weighted by Crippen LogP contribution is -2.02. The van der Waals surface area contributed by atoms with Gasteiger partial charge in [0, 0.05) is 17.1 Å². The van der Waals surface area contributed by atoms with Gasteiger partial charge in [0.2, 0.25) is 5.95 Å².